The van der Waals surface area contributed by atoms with Gasteiger partial charge in [0.25, 0.3) is 0 Å². The molecule has 0 saturated heterocycles. The predicted octanol–water partition coefficient (Wildman–Crippen LogP) is 23.7. The van der Waals surface area contributed by atoms with Crippen LogP contribution in [0.25, 0.3) is 0 Å². The zero-order valence-electron chi connectivity index (χ0n) is 52.5. The molecule has 0 heterocycles. The van der Waals surface area contributed by atoms with Crippen LogP contribution in [-0.4, -0.2) is 37.2 Å². The summed E-state index contributed by atoms with van der Waals surface area (Å²) in [6, 6.07) is 0. The van der Waals surface area contributed by atoms with Crippen molar-refractivity contribution in [2.24, 2.45) is 0 Å². The molecule has 78 heavy (non-hydrogen) atoms. The first kappa shape index (κ1) is 75.4. The molecule has 0 aromatic heterocycles. The van der Waals surface area contributed by atoms with Gasteiger partial charge in [0, 0.05) is 19.3 Å². The van der Waals surface area contributed by atoms with E-state index in [1.54, 1.807) is 0 Å². The summed E-state index contributed by atoms with van der Waals surface area (Å²) in [6.45, 7) is 6.65. The SMILES string of the molecule is CCCCCC/C=C\CCCCCCCC(=O)OCC(COC(=O)CCCCCCCCCCCCCCCCCCCCC/C=C\C/C=C\CCCCCCC)OC(=O)CCCCCCC/C=C\CCCCCCCCC. The molecule has 0 aromatic carbocycles. The van der Waals surface area contributed by atoms with Gasteiger partial charge in [-0.2, -0.15) is 0 Å². The van der Waals surface area contributed by atoms with E-state index < -0.39 is 6.10 Å². The molecule has 6 nitrogen and oxygen atoms in total. The second kappa shape index (κ2) is 66.9. The van der Waals surface area contributed by atoms with Gasteiger partial charge in [-0.15, -0.1) is 0 Å². The van der Waals surface area contributed by atoms with E-state index in [1.165, 1.54) is 257 Å². The average Bonchev–Trinajstić information content (AvgIpc) is 3.44. The Hall–Kier alpha value is -2.63. The summed E-state index contributed by atoms with van der Waals surface area (Å²) in [5.41, 5.74) is 0. The summed E-state index contributed by atoms with van der Waals surface area (Å²) in [5.74, 6) is -0.870. The lowest BCUT2D eigenvalue weighted by molar-refractivity contribution is -0.167. The van der Waals surface area contributed by atoms with Gasteiger partial charge in [-0.25, -0.2) is 0 Å². The third kappa shape index (κ3) is 64.2. The van der Waals surface area contributed by atoms with Gasteiger partial charge < -0.3 is 14.2 Å². The normalized spacial score (nSPS) is 12.3. The van der Waals surface area contributed by atoms with Crippen LogP contribution in [0, 0.1) is 0 Å². The van der Waals surface area contributed by atoms with Crippen LogP contribution in [0.3, 0.4) is 0 Å². The minimum atomic E-state index is -0.779. The van der Waals surface area contributed by atoms with Crippen LogP contribution in [0.2, 0.25) is 0 Å². The Morgan fingerprint density at radius 2 is 0.462 bits per heavy atom. The van der Waals surface area contributed by atoms with E-state index in [9.17, 15) is 14.4 Å². The van der Waals surface area contributed by atoms with Crippen molar-refractivity contribution in [2.45, 2.75) is 380 Å². The van der Waals surface area contributed by atoms with Crippen molar-refractivity contribution in [3.8, 4) is 0 Å². The molecule has 0 aliphatic heterocycles. The lowest BCUT2D eigenvalue weighted by atomic mass is 10.0. The molecule has 456 valence electrons. The summed E-state index contributed by atoms with van der Waals surface area (Å²) in [4.78, 5) is 38.3. The Morgan fingerprint density at radius 3 is 0.731 bits per heavy atom. The van der Waals surface area contributed by atoms with Crippen molar-refractivity contribution in [2.75, 3.05) is 13.2 Å². The second-order valence-corrected chi connectivity index (χ2v) is 23.4. The van der Waals surface area contributed by atoms with E-state index in [-0.39, 0.29) is 31.1 Å². The molecular weight excluding hydrogens is 961 g/mol. The molecule has 0 N–H and O–H groups in total. The molecule has 0 rings (SSSR count). The van der Waals surface area contributed by atoms with Crippen molar-refractivity contribution in [3.05, 3.63) is 48.6 Å². The Kier molecular flexibility index (Phi) is 64.6. The number of unbranched alkanes of at least 4 members (excludes halogenated alkanes) is 45. The van der Waals surface area contributed by atoms with Crippen LogP contribution in [-0.2, 0) is 28.6 Å². The smallest absolute Gasteiger partial charge is 0.306 e. The molecule has 0 bridgehead atoms. The number of rotatable bonds is 64. The van der Waals surface area contributed by atoms with Gasteiger partial charge in [0.05, 0.1) is 0 Å². The molecular formula is C72H132O6. The lowest BCUT2D eigenvalue weighted by Gasteiger charge is -2.18. The monoisotopic (exact) mass is 1090 g/mol. The zero-order chi connectivity index (χ0) is 56.4. The third-order valence-electron chi connectivity index (χ3n) is 15.5. The van der Waals surface area contributed by atoms with Crippen molar-refractivity contribution >= 4 is 17.9 Å². The second-order valence-electron chi connectivity index (χ2n) is 23.4. The molecule has 0 spiro atoms. The molecule has 1 atom stereocenters. The highest BCUT2D eigenvalue weighted by atomic mass is 16.6. The Morgan fingerprint density at radius 1 is 0.256 bits per heavy atom. The molecule has 0 fully saturated rings. The number of hydrogen-bond donors (Lipinski definition) is 0. The Balaban J connectivity index is 4.15. The highest BCUT2D eigenvalue weighted by Gasteiger charge is 2.19. The van der Waals surface area contributed by atoms with E-state index in [4.69, 9.17) is 14.2 Å². The fourth-order valence-corrected chi connectivity index (χ4v) is 10.3. The number of carbonyl (C=O) groups is 3. The highest BCUT2D eigenvalue weighted by Crippen LogP contribution is 2.18. The summed E-state index contributed by atoms with van der Waals surface area (Å²) < 4.78 is 16.9. The first-order valence-electron chi connectivity index (χ1n) is 34.6. The summed E-state index contributed by atoms with van der Waals surface area (Å²) >= 11 is 0. The molecule has 0 aliphatic rings. The number of allylic oxidation sites excluding steroid dienone is 8. The quantitative estimate of drug-likeness (QED) is 0.0261. The number of hydrogen-bond acceptors (Lipinski definition) is 6. The summed E-state index contributed by atoms with van der Waals surface area (Å²) in [6.07, 6.45) is 84.3. The van der Waals surface area contributed by atoms with Crippen LogP contribution in [0.4, 0.5) is 0 Å². The molecule has 0 saturated carbocycles. The van der Waals surface area contributed by atoms with E-state index in [2.05, 4.69) is 69.4 Å². The molecule has 0 amide bonds. The predicted molar refractivity (Wildman–Crippen MR) is 339 cm³/mol. The van der Waals surface area contributed by atoms with E-state index in [1.807, 2.05) is 0 Å². The molecule has 0 aliphatic carbocycles. The maximum Gasteiger partial charge on any atom is 0.306 e. The van der Waals surface area contributed by atoms with Crippen LogP contribution < -0.4 is 0 Å². The van der Waals surface area contributed by atoms with Gasteiger partial charge in [-0.1, -0.05) is 301 Å². The molecule has 1 unspecified atom stereocenters. The summed E-state index contributed by atoms with van der Waals surface area (Å²) in [5, 5.41) is 0. The third-order valence-corrected chi connectivity index (χ3v) is 15.5. The zero-order valence-corrected chi connectivity index (χ0v) is 52.5. The first-order valence-corrected chi connectivity index (χ1v) is 34.6. The van der Waals surface area contributed by atoms with Crippen LogP contribution in [0.5, 0.6) is 0 Å². The minimum absolute atomic E-state index is 0.0751. The highest BCUT2D eigenvalue weighted by molar-refractivity contribution is 5.71. The number of carbonyl (C=O) groups excluding carboxylic acids is 3. The topological polar surface area (TPSA) is 78.9 Å². The fraction of sp³-hybridized carbons (Fsp3) is 0.847. The van der Waals surface area contributed by atoms with Gasteiger partial charge in [-0.3, -0.25) is 14.4 Å². The van der Waals surface area contributed by atoms with Crippen molar-refractivity contribution in [3.63, 3.8) is 0 Å². The minimum Gasteiger partial charge on any atom is -0.462 e. The average molecular weight is 1090 g/mol. The number of esters is 3. The van der Waals surface area contributed by atoms with Gasteiger partial charge in [0.2, 0.25) is 0 Å². The number of ether oxygens (including phenoxy) is 3. The van der Waals surface area contributed by atoms with Gasteiger partial charge in [0.1, 0.15) is 13.2 Å². The molecule has 6 heteroatoms. The van der Waals surface area contributed by atoms with Crippen molar-refractivity contribution < 1.29 is 28.6 Å². The first-order chi connectivity index (χ1) is 38.5. The maximum atomic E-state index is 12.9. The van der Waals surface area contributed by atoms with Crippen molar-refractivity contribution in [1.29, 1.82) is 0 Å². The van der Waals surface area contributed by atoms with Gasteiger partial charge in [0.15, 0.2) is 6.10 Å². The van der Waals surface area contributed by atoms with E-state index >= 15 is 0 Å². The van der Waals surface area contributed by atoms with E-state index in [0.717, 1.165) is 77.0 Å². The van der Waals surface area contributed by atoms with Crippen molar-refractivity contribution in [1.82, 2.24) is 0 Å². The maximum absolute atomic E-state index is 12.9. The van der Waals surface area contributed by atoms with Crippen LogP contribution in [0.15, 0.2) is 48.6 Å². The molecule has 0 aromatic rings. The van der Waals surface area contributed by atoms with E-state index in [0.29, 0.717) is 19.3 Å². The summed E-state index contributed by atoms with van der Waals surface area (Å²) in [7, 11) is 0. The fourth-order valence-electron chi connectivity index (χ4n) is 10.3. The van der Waals surface area contributed by atoms with Crippen LogP contribution >= 0.6 is 0 Å². The molecule has 0 radical (unpaired) electrons. The van der Waals surface area contributed by atoms with Crippen LogP contribution in [0.1, 0.15) is 374 Å². The standard InChI is InChI=1S/C72H132O6/c1-4-7-10-13-16-19-22-25-27-29-30-31-32-33-34-35-36-37-38-39-40-41-42-43-45-47-50-53-56-59-62-65-71(74)77-68-69(67-76-70(73)64-61-58-55-52-49-46-24-21-18-15-12-9-6-3)78-72(75)66-63-60-57-54-51-48-44-28-26-23-20-17-14-11-8-5-2/h21-22,24-25,28-30,44,69H,4-20,23,26-27,31-43,45-68H2,1-3H3/b24-21-,25-22-,30-29-,44-28-. The van der Waals surface area contributed by atoms with Gasteiger partial charge in [-0.05, 0) is 103 Å². The van der Waals surface area contributed by atoms with Gasteiger partial charge >= 0.3 is 17.9 Å². The largest absolute Gasteiger partial charge is 0.462 e. The lowest BCUT2D eigenvalue weighted by Crippen LogP contribution is -2.30. The Labute approximate surface area is 486 Å². The Bertz CT molecular complexity index is 1350.